The minimum atomic E-state index is 0.182. The topological polar surface area (TPSA) is 45.4 Å². The summed E-state index contributed by atoms with van der Waals surface area (Å²) in [6.07, 6.45) is 0.849. The Morgan fingerprint density at radius 1 is 1.00 bits per heavy atom. The summed E-state index contributed by atoms with van der Waals surface area (Å²) >= 11 is 0. The molecule has 1 aromatic heterocycles. The van der Waals surface area contributed by atoms with Crippen LogP contribution in [0.4, 0.5) is 5.69 Å². The molecule has 2 heterocycles. The van der Waals surface area contributed by atoms with Crippen molar-refractivity contribution in [2.75, 3.05) is 31.1 Å². The normalized spacial score (nSPS) is 17.7. The lowest BCUT2D eigenvalue weighted by molar-refractivity contribution is 0.171. The molecule has 0 amide bonds. The average molecular weight is 314 g/mol. The highest BCUT2D eigenvalue weighted by Crippen LogP contribution is 2.23. The molecule has 23 heavy (non-hydrogen) atoms. The summed E-state index contributed by atoms with van der Waals surface area (Å²) in [5.74, 6) is 2.03. The van der Waals surface area contributed by atoms with E-state index in [-0.39, 0.29) is 6.04 Å². The lowest BCUT2D eigenvalue weighted by atomic mass is 10.1. The molecule has 0 aliphatic carbocycles. The highest BCUT2D eigenvalue weighted by atomic mass is 16.4. The molecule has 5 nitrogen and oxygen atoms in total. The average Bonchev–Trinajstić information content (AvgIpc) is 3.03. The number of anilines is 1. The van der Waals surface area contributed by atoms with Crippen molar-refractivity contribution >= 4 is 5.69 Å². The first-order valence-corrected chi connectivity index (χ1v) is 8.50. The molecule has 2 aromatic rings. The second-order valence-corrected chi connectivity index (χ2v) is 6.67. The van der Waals surface area contributed by atoms with Gasteiger partial charge in [0.25, 0.3) is 0 Å². The molecule has 0 saturated carbocycles. The first-order valence-electron chi connectivity index (χ1n) is 8.50. The molecule has 1 aliphatic heterocycles. The molecule has 3 rings (SSSR count). The van der Waals surface area contributed by atoms with Gasteiger partial charge in [-0.3, -0.25) is 4.90 Å². The third-order valence-corrected chi connectivity index (χ3v) is 4.41. The molecular formula is C18H26N4O. The summed E-state index contributed by atoms with van der Waals surface area (Å²) in [6.45, 7) is 10.6. The van der Waals surface area contributed by atoms with Crippen molar-refractivity contribution < 1.29 is 4.42 Å². The maximum absolute atomic E-state index is 5.84. The maximum atomic E-state index is 5.84. The standard InChI is InChI=1S/C18H26N4O/c1-14(2)13-17-19-20-18(23-17)15(3)21-9-11-22(12-10-21)16-7-5-4-6-8-16/h4-8,14-15H,9-13H2,1-3H3/t15-/m0/s1. The summed E-state index contributed by atoms with van der Waals surface area (Å²) in [6, 6.07) is 10.8. The zero-order chi connectivity index (χ0) is 16.2. The number of benzene rings is 1. The number of para-hydroxylation sites is 1. The molecule has 0 bridgehead atoms. The number of hydrogen-bond acceptors (Lipinski definition) is 5. The van der Waals surface area contributed by atoms with E-state index in [9.17, 15) is 0 Å². The van der Waals surface area contributed by atoms with E-state index in [1.165, 1.54) is 5.69 Å². The first-order chi connectivity index (χ1) is 11.1. The summed E-state index contributed by atoms with van der Waals surface area (Å²) in [4.78, 5) is 4.85. The van der Waals surface area contributed by atoms with Gasteiger partial charge >= 0.3 is 0 Å². The van der Waals surface area contributed by atoms with E-state index in [2.05, 4.69) is 71.1 Å². The monoisotopic (exact) mass is 314 g/mol. The molecule has 1 fully saturated rings. The van der Waals surface area contributed by atoms with Crippen LogP contribution in [0.2, 0.25) is 0 Å². The van der Waals surface area contributed by atoms with Crippen LogP contribution in [0.1, 0.15) is 38.6 Å². The Kier molecular flexibility index (Phi) is 4.96. The van der Waals surface area contributed by atoms with E-state index in [0.29, 0.717) is 5.92 Å². The lowest BCUT2D eigenvalue weighted by Crippen LogP contribution is -2.47. The van der Waals surface area contributed by atoms with Crippen LogP contribution in [0.25, 0.3) is 0 Å². The van der Waals surface area contributed by atoms with Crippen LogP contribution in [-0.2, 0) is 6.42 Å². The maximum Gasteiger partial charge on any atom is 0.233 e. The molecule has 1 atom stereocenters. The molecule has 1 aromatic carbocycles. The van der Waals surface area contributed by atoms with Crippen molar-refractivity contribution in [2.24, 2.45) is 5.92 Å². The minimum Gasteiger partial charge on any atom is -0.424 e. The highest BCUT2D eigenvalue weighted by molar-refractivity contribution is 5.46. The van der Waals surface area contributed by atoms with Gasteiger partial charge in [0, 0.05) is 38.3 Å². The predicted molar refractivity (Wildman–Crippen MR) is 91.5 cm³/mol. The molecule has 124 valence electrons. The van der Waals surface area contributed by atoms with Gasteiger partial charge in [-0.25, -0.2) is 0 Å². The van der Waals surface area contributed by atoms with E-state index in [0.717, 1.165) is 44.4 Å². The van der Waals surface area contributed by atoms with Crippen molar-refractivity contribution in [1.29, 1.82) is 0 Å². The number of piperazine rings is 1. The van der Waals surface area contributed by atoms with Gasteiger partial charge in [0.2, 0.25) is 11.8 Å². The van der Waals surface area contributed by atoms with Crippen LogP contribution in [0.15, 0.2) is 34.7 Å². The fraction of sp³-hybridized carbons (Fsp3) is 0.556. The van der Waals surface area contributed by atoms with Gasteiger partial charge in [-0.05, 0) is 25.0 Å². The molecule has 0 radical (unpaired) electrons. The number of aromatic nitrogens is 2. The van der Waals surface area contributed by atoms with E-state index in [1.54, 1.807) is 0 Å². The van der Waals surface area contributed by atoms with Gasteiger partial charge < -0.3 is 9.32 Å². The largest absolute Gasteiger partial charge is 0.424 e. The van der Waals surface area contributed by atoms with E-state index < -0.39 is 0 Å². The Hall–Kier alpha value is -1.88. The number of hydrogen-bond donors (Lipinski definition) is 0. The third-order valence-electron chi connectivity index (χ3n) is 4.41. The molecule has 0 spiro atoms. The van der Waals surface area contributed by atoms with Gasteiger partial charge in [0.15, 0.2) is 0 Å². The number of rotatable bonds is 5. The molecular weight excluding hydrogens is 288 g/mol. The van der Waals surface area contributed by atoms with E-state index in [1.807, 2.05) is 0 Å². The Balaban J connectivity index is 1.57. The van der Waals surface area contributed by atoms with Crippen molar-refractivity contribution in [3.63, 3.8) is 0 Å². The quantitative estimate of drug-likeness (QED) is 0.848. The smallest absolute Gasteiger partial charge is 0.233 e. The minimum absolute atomic E-state index is 0.182. The SMILES string of the molecule is CC(C)Cc1nnc([C@H](C)N2CCN(c3ccccc3)CC2)o1. The molecule has 1 aliphatic rings. The molecule has 0 unspecified atom stereocenters. The zero-order valence-electron chi connectivity index (χ0n) is 14.3. The predicted octanol–water partition coefficient (Wildman–Crippen LogP) is 3.15. The van der Waals surface area contributed by atoms with Crippen LogP contribution < -0.4 is 4.90 Å². The van der Waals surface area contributed by atoms with Crippen molar-refractivity contribution in [1.82, 2.24) is 15.1 Å². The Bertz CT molecular complexity index is 602. The fourth-order valence-electron chi connectivity index (χ4n) is 3.03. The van der Waals surface area contributed by atoms with Crippen molar-refractivity contribution in [3.05, 3.63) is 42.1 Å². The molecule has 0 N–H and O–H groups in total. The van der Waals surface area contributed by atoms with Gasteiger partial charge in [0.05, 0.1) is 6.04 Å². The lowest BCUT2D eigenvalue weighted by Gasteiger charge is -2.38. The first kappa shape index (κ1) is 16.0. The second-order valence-electron chi connectivity index (χ2n) is 6.67. The van der Waals surface area contributed by atoms with Crippen LogP contribution in [0.3, 0.4) is 0 Å². The summed E-state index contributed by atoms with van der Waals surface area (Å²) in [5.41, 5.74) is 1.30. The van der Waals surface area contributed by atoms with Crippen molar-refractivity contribution in [3.8, 4) is 0 Å². The van der Waals surface area contributed by atoms with Crippen LogP contribution in [0.5, 0.6) is 0 Å². The third kappa shape index (κ3) is 3.91. The van der Waals surface area contributed by atoms with Gasteiger partial charge in [-0.2, -0.15) is 0 Å². The highest BCUT2D eigenvalue weighted by Gasteiger charge is 2.25. The van der Waals surface area contributed by atoms with Gasteiger partial charge in [0.1, 0.15) is 0 Å². The summed E-state index contributed by atoms with van der Waals surface area (Å²) in [7, 11) is 0. The summed E-state index contributed by atoms with van der Waals surface area (Å²) in [5, 5.41) is 8.43. The zero-order valence-corrected chi connectivity index (χ0v) is 14.3. The van der Waals surface area contributed by atoms with Crippen LogP contribution in [-0.4, -0.2) is 41.3 Å². The molecule has 1 saturated heterocycles. The Labute approximate surface area is 138 Å². The van der Waals surface area contributed by atoms with E-state index >= 15 is 0 Å². The number of nitrogens with zero attached hydrogens (tertiary/aromatic N) is 4. The van der Waals surface area contributed by atoms with Gasteiger partial charge in [-0.1, -0.05) is 32.0 Å². The fourth-order valence-corrected chi connectivity index (χ4v) is 3.03. The molecule has 5 heteroatoms. The second kappa shape index (κ2) is 7.13. The van der Waals surface area contributed by atoms with Crippen LogP contribution in [0, 0.1) is 5.92 Å². The summed E-state index contributed by atoms with van der Waals surface area (Å²) < 4.78 is 5.84. The Morgan fingerprint density at radius 3 is 2.35 bits per heavy atom. The Morgan fingerprint density at radius 2 is 1.70 bits per heavy atom. The van der Waals surface area contributed by atoms with Gasteiger partial charge in [-0.15, -0.1) is 10.2 Å². The van der Waals surface area contributed by atoms with E-state index in [4.69, 9.17) is 4.42 Å². The van der Waals surface area contributed by atoms with Crippen molar-refractivity contribution in [2.45, 2.75) is 33.2 Å². The van der Waals surface area contributed by atoms with Crippen LogP contribution >= 0.6 is 0 Å².